The summed E-state index contributed by atoms with van der Waals surface area (Å²) in [5, 5.41) is 0. The van der Waals surface area contributed by atoms with Crippen molar-refractivity contribution >= 4 is 52.2 Å². The Morgan fingerprint density at radius 3 is 2.43 bits per heavy atom. The zero-order valence-corrected chi connectivity index (χ0v) is 10.1. The highest BCUT2D eigenvalue weighted by Gasteiger charge is 2.63. The SMILES string of the molecule is CC1=C[C@@H]2O[C@H]1C(Cl)(Cl)C(=O)C2(Cl)Cl. The number of ether oxygens (including phenoxy) is 1. The lowest BCUT2D eigenvalue weighted by atomic mass is 10.0. The Kier molecular flexibility index (Phi) is 2.38. The molecule has 0 unspecified atom stereocenters. The minimum absolute atomic E-state index is 0.619. The first kappa shape index (κ1) is 11.0. The molecule has 0 spiro atoms. The van der Waals surface area contributed by atoms with E-state index in [1.54, 1.807) is 13.0 Å². The summed E-state index contributed by atoms with van der Waals surface area (Å²) in [6.45, 7) is 1.77. The molecular formula is C8H6Cl4O2. The van der Waals surface area contributed by atoms with Crippen LogP contribution < -0.4 is 0 Å². The van der Waals surface area contributed by atoms with Crippen molar-refractivity contribution in [2.24, 2.45) is 0 Å². The molecule has 6 heteroatoms. The van der Waals surface area contributed by atoms with Gasteiger partial charge in [-0.15, -0.1) is 0 Å². The molecule has 2 heterocycles. The number of Topliss-reactive ketones (excluding diaryl/α,β-unsaturated/α-hetero) is 1. The maximum absolute atomic E-state index is 11.7. The number of fused-ring (bicyclic) bond motifs is 2. The summed E-state index contributed by atoms with van der Waals surface area (Å²) in [4.78, 5) is 11.7. The summed E-state index contributed by atoms with van der Waals surface area (Å²) < 4.78 is 1.98. The number of alkyl halides is 4. The van der Waals surface area contributed by atoms with Crippen molar-refractivity contribution in [2.75, 3.05) is 0 Å². The standard InChI is InChI=1S/C8H6Cl4O2/c1-3-2-4-7(9,10)6(13)8(11,12)5(3)14-4/h2,4-5H,1H3/t4-,5+/m0/s1. The lowest BCUT2D eigenvalue weighted by Gasteiger charge is -2.38. The number of carbonyl (C=O) groups is 1. The molecule has 2 aliphatic heterocycles. The van der Waals surface area contributed by atoms with Gasteiger partial charge in [-0.05, 0) is 12.5 Å². The van der Waals surface area contributed by atoms with Crippen LogP contribution in [0.25, 0.3) is 0 Å². The maximum Gasteiger partial charge on any atom is 0.210 e. The average molecular weight is 276 g/mol. The van der Waals surface area contributed by atoms with Gasteiger partial charge in [0.2, 0.25) is 14.4 Å². The molecule has 78 valence electrons. The average Bonchev–Trinajstić information content (AvgIpc) is 2.43. The van der Waals surface area contributed by atoms with Gasteiger partial charge in [-0.2, -0.15) is 0 Å². The van der Waals surface area contributed by atoms with E-state index in [1.165, 1.54) is 0 Å². The minimum Gasteiger partial charge on any atom is -0.359 e. The fourth-order valence-corrected chi connectivity index (χ4v) is 3.12. The van der Waals surface area contributed by atoms with Crippen LogP contribution in [0.5, 0.6) is 0 Å². The summed E-state index contributed by atoms with van der Waals surface area (Å²) in [5.74, 6) is -0.619. The normalized spacial score (nSPS) is 38.4. The van der Waals surface area contributed by atoms with E-state index in [-0.39, 0.29) is 0 Å². The first-order chi connectivity index (χ1) is 6.28. The van der Waals surface area contributed by atoms with Crippen molar-refractivity contribution in [3.63, 3.8) is 0 Å². The fraction of sp³-hybridized carbons (Fsp3) is 0.625. The van der Waals surface area contributed by atoms with E-state index in [2.05, 4.69) is 0 Å². The summed E-state index contributed by atoms with van der Waals surface area (Å²) >= 11 is 23.4. The molecule has 0 aromatic rings. The highest BCUT2D eigenvalue weighted by atomic mass is 35.5. The van der Waals surface area contributed by atoms with Crippen molar-refractivity contribution in [3.8, 4) is 0 Å². The molecule has 2 rings (SSSR count). The van der Waals surface area contributed by atoms with Crippen LogP contribution in [0.2, 0.25) is 0 Å². The van der Waals surface area contributed by atoms with Gasteiger partial charge < -0.3 is 4.74 Å². The highest BCUT2D eigenvalue weighted by molar-refractivity contribution is 6.69. The Labute approximate surface area is 101 Å². The quantitative estimate of drug-likeness (QED) is 0.502. The molecule has 0 radical (unpaired) electrons. The Morgan fingerprint density at radius 1 is 1.29 bits per heavy atom. The number of hydrogen-bond acceptors (Lipinski definition) is 2. The number of rotatable bonds is 0. The predicted molar refractivity (Wildman–Crippen MR) is 56.3 cm³/mol. The maximum atomic E-state index is 11.7. The predicted octanol–water partition coefficient (Wildman–Crippen LogP) is 2.63. The van der Waals surface area contributed by atoms with Crippen LogP contribution in [0.3, 0.4) is 0 Å². The molecule has 0 saturated carbocycles. The van der Waals surface area contributed by atoms with Crippen molar-refractivity contribution in [3.05, 3.63) is 11.6 Å². The Hall–Kier alpha value is 0.530. The lowest BCUT2D eigenvalue weighted by Crippen LogP contribution is -2.57. The van der Waals surface area contributed by atoms with Crippen molar-refractivity contribution in [1.82, 2.24) is 0 Å². The molecule has 2 atom stereocenters. The zero-order chi connectivity index (χ0) is 10.7. The van der Waals surface area contributed by atoms with E-state index in [9.17, 15) is 4.79 Å². The zero-order valence-electron chi connectivity index (χ0n) is 7.06. The van der Waals surface area contributed by atoms with Gasteiger partial charge in [0.1, 0.15) is 12.2 Å². The lowest BCUT2D eigenvalue weighted by molar-refractivity contribution is -0.131. The van der Waals surface area contributed by atoms with Crippen LogP contribution >= 0.6 is 46.4 Å². The van der Waals surface area contributed by atoms with Crippen molar-refractivity contribution < 1.29 is 9.53 Å². The van der Waals surface area contributed by atoms with Gasteiger partial charge in [-0.3, -0.25) is 4.79 Å². The molecule has 0 aromatic carbocycles. The van der Waals surface area contributed by atoms with E-state index >= 15 is 0 Å². The van der Waals surface area contributed by atoms with Crippen LogP contribution in [0.4, 0.5) is 0 Å². The second-order valence-electron chi connectivity index (χ2n) is 3.42. The molecule has 0 aromatic heterocycles. The number of ketones is 1. The van der Waals surface area contributed by atoms with Gasteiger partial charge >= 0.3 is 0 Å². The van der Waals surface area contributed by atoms with E-state index in [1.807, 2.05) is 0 Å². The third-order valence-corrected chi connectivity index (χ3v) is 3.92. The third kappa shape index (κ3) is 1.25. The number of halogens is 4. The Bertz CT molecular complexity index is 334. The molecule has 1 fully saturated rings. The first-order valence-electron chi connectivity index (χ1n) is 3.92. The third-order valence-electron chi connectivity index (χ3n) is 2.40. The summed E-state index contributed by atoms with van der Waals surface area (Å²) in [7, 11) is 0. The molecule has 1 saturated heterocycles. The van der Waals surface area contributed by atoms with Gasteiger partial charge in [-0.25, -0.2) is 0 Å². The van der Waals surface area contributed by atoms with Crippen LogP contribution in [0.1, 0.15) is 6.92 Å². The summed E-state index contributed by atoms with van der Waals surface area (Å²) in [5.41, 5.74) is 0.775. The molecule has 0 amide bonds. The van der Waals surface area contributed by atoms with E-state index < -0.39 is 26.7 Å². The van der Waals surface area contributed by atoms with E-state index in [0.717, 1.165) is 5.57 Å². The van der Waals surface area contributed by atoms with Gasteiger partial charge in [0.15, 0.2) is 0 Å². The molecule has 2 aliphatic rings. The largest absolute Gasteiger partial charge is 0.359 e. The highest BCUT2D eigenvalue weighted by Crippen LogP contribution is 2.51. The minimum atomic E-state index is -1.70. The van der Waals surface area contributed by atoms with Crippen LogP contribution in [-0.4, -0.2) is 26.7 Å². The summed E-state index contributed by atoms with van der Waals surface area (Å²) in [6, 6.07) is 0. The molecule has 2 bridgehead atoms. The smallest absolute Gasteiger partial charge is 0.210 e. The molecule has 14 heavy (non-hydrogen) atoms. The van der Waals surface area contributed by atoms with Crippen molar-refractivity contribution in [2.45, 2.75) is 27.8 Å². The Balaban J connectivity index is 2.52. The van der Waals surface area contributed by atoms with Gasteiger partial charge in [-0.1, -0.05) is 52.5 Å². The van der Waals surface area contributed by atoms with Crippen molar-refractivity contribution in [1.29, 1.82) is 0 Å². The van der Waals surface area contributed by atoms with Gasteiger partial charge in [0.25, 0.3) is 0 Å². The number of hydrogen-bond donors (Lipinski definition) is 0. The molecule has 0 N–H and O–H groups in total. The second kappa shape index (κ2) is 3.02. The van der Waals surface area contributed by atoms with Gasteiger partial charge in [0, 0.05) is 0 Å². The molecule has 2 nitrogen and oxygen atoms in total. The summed E-state index contributed by atoms with van der Waals surface area (Å²) in [6.07, 6.45) is 0.373. The molecular weight excluding hydrogens is 270 g/mol. The molecule has 0 aliphatic carbocycles. The van der Waals surface area contributed by atoms with Crippen LogP contribution in [0.15, 0.2) is 11.6 Å². The first-order valence-corrected chi connectivity index (χ1v) is 5.43. The topological polar surface area (TPSA) is 26.3 Å². The van der Waals surface area contributed by atoms with Crippen LogP contribution in [-0.2, 0) is 9.53 Å². The van der Waals surface area contributed by atoms with Gasteiger partial charge in [0.05, 0.1) is 0 Å². The van der Waals surface area contributed by atoms with E-state index in [0.29, 0.717) is 0 Å². The van der Waals surface area contributed by atoms with Crippen LogP contribution in [0, 0.1) is 0 Å². The Morgan fingerprint density at radius 2 is 1.86 bits per heavy atom. The second-order valence-corrected chi connectivity index (χ2v) is 6.19. The monoisotopic (exact) mass is 274 g/mol. The number of carbonyl (C=O) groups excluding carboxylic acids is 1. The fourth-order valence-electron chi connectivity index (χ4n) is 1.65. The van der Waals surface area contributed by atoms with E-state index in [4.69, 9.17) is 51.1 Å².